The molecule has 146 valence electrons. The molecule has 0 spiro atoms. The third kappa shape index (κ3) is 4.97. The summed E-state index contributed by atoms with van der Waals surface area (Å²) in [6.07, 6.45) is 6.50. The van der Waals surface area contributed by atoms with E-state index < -0.39 is 0 Å². The van der Waals surface area contributed by atoms with Gasteiger partial charge in [0, 0.05) is 18.7 Å². The Labute approximate surface area is 173 Å². The zero-order valence-corrected chi connectivity index (χ0v) is 17.1. The summed E-state index contributed by atoms with van der Waals surface area (Å²) in [5, 5.41) is 3.56. The highest BCUT2D eigenvalue weighted by Gasteiger charge is 2.09. The molecule has 0 bridgehead atoms. The van der Waals surface area contributed by atoms with Gasteiger partial charge in [-0.3, -0.25) is 0 Å². The minimum Gasteiger partial charge on any atom is -0.497 e. The number of nitrogens with one attached hydrogen (secondary N) is 1. The number of rotatable bonds is 7. The molecule has 0 aliphatic heterocycles. The van der Waals surface area contributed by atoms with Crippen LogP contribution in [0, 0.1) is 6.92 Å². The Bertz CT molecular complexity index is 1040. The lowest BCUT2D eigenvalue weighted by Crippen LogP contribution is -2.11. The van der Waals surface area contributed by atoms with Gasteiger partial charge in [-0.15, -0.1) is 0 Å². The van der Waals surface area contributed by atoms with Gasteiger partial charge in [0.1, 0.15) is 5.75 Å². The maximum absolute atomic E-state index is 5.22. The average Bonchev–Trinajstić information content (AvgIpc) is 3.22. The molecule has 1 aliphatic carbocycles. The summed E-state index contributed by atoms with van der Waals surface area (Å²) >= 11 is 0. The van der Waals surface area contributed by atoms with E-state index in [1.54, 1.807) is 7.11 Å². The summed E-state index contributed by atoms with van der Waals surface area (Å²) in [6.45, 7) is 2.97. The number of hydrogen-bond acceptors (Lipinski definition) is 2. The number of benzene rings is 3. The number of allylic oxidation sites excluding steroid dienone is 3. The zero-order chi connectivity index (χ0) is 20.1. The van der Waals surface area contributed by atoms with Gasteiger partial charge in [-0.05, 0) is 59.4 Å². The van der Waals surface area contributed by atoms with E-state index in [0.717, 1.165) is 25.1 Å². The fourth-order valence-corrected chi connectivity index (χ4v) is 3.73. The van der Waals surface area contributed by atoms with Gasteiger partial charge in [0.25, 0.3) is 0 Å². The van der Waals surface area contributed by atoms with Crippen molar-refractivity contribution in [2.24, 2.45) is 0 Å². The van der Waals surface area contributed by atoms with E-state index in [1.807, 2.05) is 12.1 Å². The van der Waals surface area contributed by atoms with Crippen molar-refractivity contribution in [1.82, 2.24) is 5.32 Å². The van der Waals surface area contributed by atoms with Gasteiger partial charge in [-0.2, -0.15) is 0 Å². The van der Waals surface area contributed by atoms with E-state index >= 15 is 0 Å². The molecular formula is C27H27NO. The molecule has 0 radical (unpaired) electrons. The molecule has 0 heterocycles. The molecule has 1 N–H and O–H groups in total. The SMILES string of the molecule is COc1ccc(CNC2=CC(c3cccc(Cc4cccc(C)c4)c3)=CC2)cc1. The molecule has 0 unspecified atom stereocenters. The van der Waals surface area contributed by atoms with Crippen molar-refractivity contribution in [2.75, 3.05) is 7.11 Å². The first-order valence-electron chi connectivity index (χ1n) is 10.1. The van der Waals surface area contributed by atoms with Crippen LogP contribution < -0.4 is 10.1 Å². The van der Waals surface area contributed by atoms with Crippen LogP contribution >= 0.6 is 0 Å². The Morgan fingerprint density at radius 3 is 2.38 bits per heavy atom. The van der Waals surface area contributed by atoms with Crippen molar-refractivity contribution >= 4 is 5.57 Å². The molecule has 3 aromatic rings. The molecule has 0 fully saturated rings. The van der Waals surface area contributed by atoms with Crippen LogP contribution in [-0.4, -0.2) is 7.11 Å². The zero-order valence-electron chi connectivity index (χ0n) is 17.1. The lowest BCUT2D eigenvalue weighted by Gasteiger charge is -2.08. The predicted molar refractivity (Wildman–Crippen MR) is 121 cm³/mol. The molecule has 0 aromatic heterocycles. The predicted octanol–water partition coefficient (Wildman–Crippen LogP) is 6.06. The van der Waals surface area contributed by atoms with E-state index in [9.17, 15) is 0 Å². The Morgan fingerprint density at radius 1 is 0.862 bits per heavy atom. The van der Waals surface area contributed by atoms with Crippen LogP contribution in [-0.2, 0) is 13.0 Å². The number of hydrogen-bond donors (Lipinski definition) is 1. The highest BCUT2D eigenvalue weighted by Crippen LogP contribution is 2.26. The third-order valence-corrected chi connectivity index (χ3v) is 5.30. The van der Waals surface area contributed by atoms with Crippen LogP contribution in [0.2, 0.25) is 0 Å². The number of ether oxygens (including phenoxy) is 1. The van der Waals surface area contributed by atoms with Crippen molar-refractivity contribution in [1.29, 1.82) is 0 Å². The van der Waals surface area contributed by atoms with Crippen molar-refractivity contribution < 1.29 is 4.74 Å². The van der Waals surface area contributed by atoms with Gasteiger partial charge >= 0.3 is 0 Å². The van der Waals surface area contributed by atoms with E-state index in [-0.39, 0.29) is 0 Å². The summed E-state index contributed by atoms with van der Waals surface area (Å²) < 4.78 is 5.22. The number of methoxy groups -OCH3 is 1. The summed E-state index contributed by atoms with van der Waals surface area (Å²) in [7, 11) is 1.69. The highest BCUT2D eigenvalue weighted by atomic mass is 16.5. The molecule has 0 saturated carbocycles. The molecule has 0 saturated heterocycles. The fourth-order valence-electron chi connectivity index (χ4n) is 3.73. The normalized spacial score (nSPS) is 13.0. The smallest absolute Gasteiger partial charge is 0.118 e. The molecule has 1 aliphatic rings. The largest absolute Gasteiger partial charge is 0.497 e. The summed E-state index contributed by atoms with van der Waals surface area (Å²) in [5.41, 5.74) is 9.12. The highest BCUT2D eigenvalue weighted by molar-refractivity contribution is 5.77. The van der Waals surface area contributed by atoms with Gasteiger partial charge in [0.15, 0.2) is 0 Å². The van der Waals surface area contributed by atoms with Crippen molar-refractivity contribution in [3.63, 3.8) is 0 Å². The second-order valence-corrected chi connectivity index (χ2v) is 7.60. The minimum absolute atomic E-state index is 0.824. The van der Waals surface area contributed by atoms with Gasteiger partial charge in [-0.1, -0.05) is 72.3 Å². The first-order chi connectivity index (χ1) is 14.2. The lowest BCUT2D eigenvalue weighted by atomic mass is 9.99. The van der Waals surface area contributed by atoms with Gasteiger partial charge < -0.3 is 10.1 Å². The van der Waals surface area contributed by atoms with Crippen molar-refractivity contribution in [2.45, 2.75) is 26.3 Å². The van der Waals surface area contributed by atoms with Crippen molar-refractivity contribution in [3.8, 4) is 5.75 Å². The van der Waals surface area contributed by atoms with Crippen LogP contribution in [0.15, 0.2) is 90.6 Å². The van der Waals surface area contributed by atoms with Crippen LogP contribution in [0.4, 0.5) is 0 Å². The Kier molecular flexibility index (Phi) is 5.81. The van der Waals surface area contributed by atoms with Crippen LogP contribution in [0.5, 0.6) is 5.75 Å². The summed E-state index contributed by atoms with van der Waals surface area (Å²) in [4.78, 5) is 0. The summed E-state index contributed by atoms with van der Waals surface area (Å²) in [5.74, 6) is 0.892. The standard InChI is InChI=1S/C27H27NO/c1-20-5-3-6-22(15-20)16-23-7-4-8-24(17-23)25-11-12-26(18-25)28-19-21-9-13-27(29-2)14-10-21/h3-11,13-15,17-18,28H,12,16,19H2,1-2H3. The molecule has 0 amide bonds. The maximum atomic E-state index is 5.22. The van der Waals surface area contributed by atoms with E-state index in [1.165, 1.54) is 39.1 Å². The molecule has 4 rings (SSSR count). The van der Waals surface area contributed by atoms with E-state index in [4.69, 9.17) is 4.74 Å². The molecule has 0 atom stereocenters. The van der Waals surface area contributed by atoms with Crippen LogP contribution in [0.3, 0.4) is 0 Å². The molecule has 2 heteroatoms. The Hall–Kier alpha value is -3.26. The number of aryl methyl sites for hydroxylation is 1. The second kappa shape index (κ2) is 8.83. The van der Waals surface area contributed by atoms with Crippen LogP contribution in [0.25, 0.3) is 5.57 Å². The summed E-state index contributed by atoms with van der Waals surface area (Å²) in [6, 6.07) is 25.9. The van der Waals surface area contributed by atoms with Gasteiger partial charge in [0.05, 0.1) is 7.11 Å². The molecule has 3 aromatic carbocycles. The van der Waals surface area contributed by atoms with E-state index in [2.05, 4.69) is 85.1 Å². The maximum Gasteiger partial charge on any atom is 0.118 e. The molecule has 29 heavy (non-hydrogen) atoms. The lowest BCUT2D eigenvalue weighted by molar-refractivity contribution is 0.414. The fraction of sp³-hybridized carbons (Fsp3) is 0.185. The molecule has 2 nitrogen and oxygen atoms in total. The van der Waals surface area contributed by atoms with Gasteiger partial charge in [0.2, 0.25) is 0 Å². The first-order valence-corrected chi connectivity index (χ1v) is 10.1. The van der Waals surface area contributed by atoms with Crippen molar-refractivity contribution in [3.05, 3.63) is 118 Å². The third-order valence-electron chi connectivity index (χ3n) is 5.30. The van der Waals surface area contributed by atoms with Gasteiger partial charge in [-0.25, -0.2) is 0 Å². The minimum atomic E-state index is 0.824. The Morgan fingerprint density at radius 2 is 1.62 bits per heavy atom. The van der Waals surface area contributed by atoms with Crippen LogP contribution in [0.1, 0.15) is 34.2 Å². The molecular weight excluding hydrogens is 354 g/mol. The first kappa shape index (κ1) is 19.1. The Balaban J connectivity index is 1.40. The topological polar surface area (TPSA) is 21.3 Å². The van der Waals surface area contributed by atoms with E-state index in [0.29, 0.717) is 0 Å². The quantitative estimate of drug-likeness (QED) is 0.537. The average molecular weight is 382 g/mol. The monoisotopic (exact) mass is 381 g/mol. The second-order valence-electron chi connectivity index (χ2n) is 7.60.